The summed E-state index contributed by atoms with van der Waals surface area (Å²) in [5.41, 5.74) is 1.41. The number of hydrogen-bond donors (Lipinski definition) is 3. The highest BCUT2D eigenvalue weighted by atomic mass is 79.9. The lowest BCUT2D eigenvalue weighted by molar-refractivity contribution is -0.115. The van der Waals surface area contributed by atoms with Crippen LogP contribution in [0.3, 0.4) is 0 Å². The molecule has 0 aliphatic carbocycles. The summed E-state index contributed by atoms with van der Waals surface area (Å²) < 4.78 is 36.5. The molecule has 1 heterocycles. The third-order valence-corrected chi connectivity index (χ3v) is 5.88. The standard InChI is InChI=1S/C15H11Br3N2O5S/c16-10-7-9(1-3-13(10)25-26(22,23)24)5-6-19-14(21)4-2-12-15(18)11(17)8-20-12/h1-8,20H,(H,19,21)(H,22,23,24). The Labute approximate surface area is 174 Å². The predicted octanol–water partition coefficient (Wildman–Crippen LogP) is 4.28. The maximum absolute atomic E-state index is 11.8. The molecule has 1 aromatic carbocycles. The predicted molar refractivity (Wildman–Crippen MR) is 109 cm³/mol. The molecule has 1 amide bonds. The number of aromatic amines is 1. The smallest absolute Gasteiger partial charge is 0.361 e. The molecule has 7 nitrogen and oxygen atoms in total. The van der Waals surface area contributed by atoms with Crippen molar-refractivity contribution in [3.63, 3.8) is 0 Å². The highest BCUT2D eigenvalue weighted by Gasteiger charge is 2.10. The highest BCUT2D eigenvalue weighted by molar-refractivity contribution is 9.13. The van der Waals surface area contributed by atoms with Crippen molar-refractivity contribution in [2.24, 2.45) is 0 Å². The fourth-order valence-electron chi connectivity index (χ4n) is 1.75. The Kier molecular flexibility index (Phi) is 7.24. The van der Waals surface area contributed by atoms with Crippen molar-refractivity contribution in [1.29, 1.82) is 0 Å². The fourth-order valence-corrected chi connectivity index (χ4v) is 3.39. The summed E-state index contributed by atoms with van der Waals surface area (Å²) in [7, 11) is -4.59. The number of H-pyrrole nitrogens is 1. The van der Waals surface area contributed by atoms with Gasteiger partial charge < -0.3 is 14.5 Å². The van der Waals surface area contributed by atoms with Gasteiger partial charge in [-0.05, 0) is 77.6 Å². The minimum Gasteiger partial charge on any atom is -0.361 e. The zero-order valence-electron chi connectivity index (χ0n) is 12.7. The van der Waals surface area contributed by atoms with Gasteiger partial charge in [-0.1, -0.05) is 6.07 Å². The van der Waals surface area contributed by atoms with Gasteiger partial charge in [0.05, 0.1) is 14.6 Å². The monoisotopic (exact) mass is 568 g/mol. The van der Waals surface area contributed by atoms with Gasteiger partial charge in [0.25, 0.3) is 0 Å². The molecule has 3 N–H and O–H groups in total. The number of halogens is 3. The molecule has 0 radical (unpaired) electrons. The van der Waals surface area contributed by atoms with Crippen molar-refractivity contribution >= 4 is 76.2 Å². The lowest BCUT2D eigenvalue weighted by atomic mass is 10.2. The van der Waals surface area contributed by atoms with E-state index in [1.54, 1.807) is 30.5 Å². The molecule has 0 saturated heterocycles. The van der Waals surface area contributed by atoms with Crippen LogP contribution in [0, 0.1) is 0 Å². The highest BCUT2D eigenvalue weighted by Crippen LogP contribution is 2.28. The number of aromatic nitrogens is 1. The summed E-state index contributed by atoms with van der Waals surface area (Å²) in [6.45, 7) is 0. The second kappa shape index (κ2) is 9.00. The molecule has 138 valence electrons. The largest absolute Gasteiger partial charge is 0.446 e. The van der Waals surface area contributed by atoms with E-state index in [0.717, 1.165) is 14.6 Å². The van der Waals surface area contributed by atoms with Crippen LogP contribution in [0.5, 0.6) is 5.75 Å². The molecule has 0 aliphatic rings. The van der Waals surface area contributed by atoms with E-state index in [9.17, 15) is 13.2 Å². The van der Waals surface area contributed by atoms with Crippen LogP contribution in [-0.2, 0) is 15.2 Å². The second-order valence-electron chi connectivity index (χ2n) is 4.74. The Hall–Kier alpha value is -1.40. The van der Waals surface area contributed by atoms with Gasteiger partial charge in [0, 0.05) is 22.9 Å². The third-order valence-electron chi connectivity index (χ3n) is 2.85. The van der Waals surface area contributed by atoms with Crippen molar-refractivity contribution in [2.75, 3.05) is 0 Å². The molecular formula is C15H11Br3N2O5S. The number of amides is 1. The summed E-state index contributed by atoms with van der Waals surface area (Å²) in [4.78, 5) is 14.8. The first-order valence-corrected chi connectivity index (χ1v) is 10.5. The molecule has 2 rings (SSSR count). The van der Waals surface area contributed by atoms with Gasteiger partial charge >= 0.3 is 10.4 Å². The van der Waals surface area contributed by atoms with Crippen molar-refractivity contribution < 1.29 is 21.9 Å². The Morgan fingerprint density at radius 2 is 1.92 bits per heavy atom. The summed E-state index contributed by atoms with van der Waals surface area (Å²) in [6.07, 6.45) is 7.78. The van der Waals surface area contributed by atoms with Crippen LogP contribution in [-0.4, -0.2) is 23.9 Å². The van der Waals surface area contributed by atoms with Gasteiger partial charge in [-0.3, -0.25) is 9.35 Å². The molecule has 0 bridgehead atoms. The zero-order valence-corrected chi connectivity index (χ0v) is 18.3. The Balaban J connectivity index is 1.96. The van der Waals surface area contributed by atoms with Crippen LogP contribution < -0.4 is 9.50 Å². The van der Waals surface area contributed by atoms with Gasteiger partial charge in [0.2, 0.25) is 5.91 Å². The molecule has 0 saturated carbocycles. The minimum absolute atomic E-state index is 0.0562. The SMILES string of the molecule is O=C(C=Cc1[nH]cc(Br)c1Br)NC=Cc1ccc(OS(=O)(=O)O)c(Br)c1. The van der Waals surface area contributed by atoms with Crippen molar-refractivity contribution in [1.82, 2.24) is 10.3 Å². The third kappa shape index (κ3) is 6.40. The summed E-state index contributed by atoms with van der Waals surface area (Å²) >= 11 is 9.84. The van der Waals surface area contributed by atoms with Crippen molar-refractivity contribution in [2.45, 2.75) is 0 Å². The maximum atomic E-state index is 11.8. The van der Waals surface area contributed by atoms with E-state index in [1.165, 1.54) is 18.3 Å². The van der Waals surface area contributed by atoms with E-state index >= 15 is 0 Å². The van der Waals surface area contributed by atoms with Crippen LogP contribution in [0.25, 0.3) is 12.2 Å². The van der Waals surface area contributed by atoms with Crippen molar-refractivity contribution in [3.8, 4) is 5.75 Å². The van der Waals surface area contributed by atoms with Crippen LogP contribution in [0.2, 0.25) is 0 Å². The van der Waals surface area contributed by atoms with Gasteiger partial charge in [0.1, 0.15) is 0 Å². The molecule has 11 heteroatoms. The number of rotatable bonds is 6. The van der Waals surface area contributed by atoms with Crippen LogP contribution >= 0.6 is 47.8 Å². The molecule has 1 aromatic heterocycles. The van der Waals surface area contributed by atoms with E-state index in [1.807, 2.05) is 0 Å². The van der Waals surface area contributed by atoms with Gasteiger partial charge in [-0.15, -0.1) is 0 Å². The normalized spacial score (nSPS) is 12.0. The second-order valence-corrected chi connectivity index (χ2v) is 8.26. The quantitative estimate of drug-likeness (QED) is 0.355. The molecule has 0 fully saturated rings. The Morgan fingerprint density at radius 3 is 2.50 bits per heavy atom. The zero-order chi connectivity index (χ0) is 19.3. The fraction of sp³-hybridized carbons (Fsp3) is 0. The molecule has 0 atom stereocenters. The topological polar surface area (TPSA) is 108 Å². The van der Waals surface area contributed by atoms with E-state index in [0.29, 0.717) is 10.0 Å². The van der Waals surface area contributed by atoms with E-state index in [4.69, 9.17) is 4.55 Å². The number of hydrogen-bond acceptors (Lipinski definition) is 4. The van der Waals surface area contributed by atoms with E-state index < -0.39 is 10.4 Å². The van der Waals surface area contributed by atoms with E-state index in [-0.39, 0.29) is 11.7 Å². The van der Waals surface area contributed by atoms with E-state index in [2.05, 4.69) is 62.3 Å². The van der Waals surface area contributed by atoms with Crippen LogP contribution in [0.15, 0.2) is 50.1 Å². The summed E-state index contributed by atoms with van der Waals surface area (Å²) in [6, 6.07) is 4.48. The van der Waals surface area contributed by atoms with Crippen LogP contribution in [0.1, 0.15) is 11.3 Å². The number of benzene rings is 1. The molecule has 0 unspecified atom stereocenters. The molecule has 0 spiro atoms. The maximum Gasteiger partial charge on any atom is 0.446 e. The number of carbonyl (C=O) groups excluding carboxylic acids is 1. The average molecular weight is 571 g/mol. The Bertz CT molecular complexity index is 983. The summed E-state index contributed by atoms with van der Waals surface area (Å²) in [5.74, 6) is -0.386. The first-order chi connectivity index (χ1) is 12.2. The molecule has 0 aliphatic heterocycles. The Morgan fingerprint density at radius 1 is 1.19 bits per heavy atom. The average Bonchev–Trinajstić information content (AvgIpc) is 2.86. The van der Waals surface area contributed by atoms with Gasteiger partial charge in [-0.2, -0.15) is 8.42 Å². The first-order valence-electron chi connectivity index (χ1n) is 6.79. The number of nitrogens with one attached hydrogen (secondary N) is 2. The van der Waals surface area contributed by atoms with Gasteiger partial charge in [-0.25, -0.2) is 0 Å². The lowest BCUT2D eigenvalue weighted by Gasteiger charge is -2.04. The number of carbonyl (C=O) groups is 1. The van der Waals surface area contributed by atoms with Crippen molar-refractivity contribution in [3.05, 3.63) is 61.3 Å². The lowest BCUT2D eigenvalue weighted by Crippen LogP contribution is -2.13. The van der Waals surface area contributed by atoms with Crippen LogP contribution in [0.4, 0.5) is 0 Å². The molecule has 2 aromatic rings. The van der Waals surface area contributed by atoms with Gasteiger partial charge in [0.15, 0.2) is 5.75 Å². The molecular weight excluding hydrogens is 560 g/mol. The minimum atomic E-state index is -4.59. The summed E-state index contributed by atoms with van der Waals surface area (Å²) in [5, 5.41) is 2.57. The first kappa shape index (κ1) is 20.9. The molecule has 26 heavy (non-hydrogen) atoms.